The van der Waals surface area contributed by atoms with Gasteiger partial charge in [0.1, 0.15) is 17.9 Å². The van der Waals surface area contributed by atoms with Gasteiger partial charge in [-0.2, -0.15) is 0 Å². The molecular weight excluding hydrogens is 254 g/mol. The summed E-state index contributed by atoms with van der Waals surface area (Å²) in [6.45, 7) is 3.12. The molecule has 2 rings (SSSR count). The van der Waals surface area contributed by atoms with E-state index in [-0.39, 0.29) is 6.61 Å². The Hall–Kier alpha value is -2.14. The second kappa shape index (κ2) is 7.45. The maximum atomic E-state index is 8.87. The van der Waals surface area contributed by atoms with Crippen LogP contribution in [-0.2, 0) is 6.42 Å². The summed E-state index contributed by atoms with van der Waals surface area (Å²) in [4.78, 5) is 8.22. The van der Waals surface area contributed by atoms with E-state index in [9.17, 15) is 0 Å². The van der Waals surface area contributed by atoms with Crippen molar-refractivity contribution < 1.29 is 9.84 Å². The summed E-state index contributed by atoms with van der Waals surface area (Å²) in [7, 11) is 0. The molecule has 2 aromatic rings. The molecule has 0 saturated heterocycles. The Bertz CT molecular complexity index is 529. The van der Waals surface area contributed by atoms with Crippen LogP contribution in [0.25, 0.3) is 0 Å². The molecule has 1 heterocycles. The summed E-state index contributed by atoms with van der Waals surface area (Å²) in [6, 6.07) is 9.38. The Morgan fingerprint density at radius 2 is 2.00 bits per heavy atom. The molecule has 0 aliphatic rings. The highest BCUT2D eigenvalue weighted by molar-refractivity contribution is 5.39. The van der Waals surface area contributed by atoms with Gasteiger partial charge in [0.25, 0.3) is 0 Å². The van der Waals surface area contributed by atoms with Gasteiger partial charge in [0, 0.05) is 19.2 Å². The third-order valence-corrected chi connectivity index (χ3v) is 2.74. The number of nitrogens with zero attached hydrogens (tertiary/aromatic N) is 2. The highest BCUT2D eigenvalue weighted by atomic mass is 16.5. The zero-order valence-corrected chi connectivity index (χ0v) is 11.5. The molecule has 20 heavy (non-hydrogen) atoms. The molecule has 0 unspecified atom stereocenters. The molecule has 5 heteroatoms. The molecule has 5 nitrogen and oxygen atoms in total. The van der Waals surface area contributed by atoms with Crippen molar-refractivity contribution in [2.24, 2.45) is 0 Å². The van der Waals surface area contributed by atoms with Crippen LogP contribution < -0.4 is 10.1 Å². The maximum absolute atomic E-state index is 8.87. The summed E-state index contributed by atoms with van der Waals surface area (Å²) in [5.41, 5.74) is 1.08. The Morgan fingerprint density at radius 1 is 1.20 bits per heavy atom. The van der Waals surface area contributed by atoms with Crippen molar-refractivity contribution in [1.82, 2.24) is 9.97 Å². The molecule has 0 radical (unpaired) electrons. The molecule has 0 spiro atoms. The van der Waals surface area contributed by atoms with Gasteiger partial charge in [0.05, 0.1) is 0 Å². The van der Waals surface area contributed by atoms with Gasteiger partial charge in [-0.15, -0.1) is 0 Å². The first-order valence-corrected chi connectivity index (χ1v) is 6.75. The summed E-state index contributed by atoms with van der Waals surface area (Å²) in [5, 5.41) is 12.1. The van der Waals surface area contributed by atoms with E-state index < -0.39 is 0 Å². The van der Waals surface area contributed by atoms with Gasteiger partial charge in [-0.05, 0) is 30.5 Å². The standard InChI is InChI=1S/C15H19N3O2/c1-2-8-16-14-10-15(18-11-17-14)20-13-5-3-12(4-6-13)7-9-19/h3-6,10-11,19H,2,7-9H2,1H3,(H,16,17,18). The van der Waals surface area contributed by atoms with Crippen molar-refractivity contribution in [2.45, 2.75) is 19.8 Å². The lowest BCUT2D eigenvalue weighted by Gasteiger charge is -2.07. The fourth-order valence-electron chi connectivity index (χ4n) is 1.72. The summed E-state index contributed by atoms with van der Waals surface area (Å²) in [5.74, 6) is 1.98. The first kappa shape index (κ1) is 14.3. The van der Waals surface area contributed by atoms with Crippen LogP contribution in [0, 0.1) is 0 Å². The number of ether oxygens (including phenoxy) is 1. The van der Waals surface area contributed by atoms with E-state index in [1.807, 2.05) is 24.3 Å². The van der Waals surface area contributed by atoms with E-state index in [0.29, 0.717) is 18.1 Å². The molecule has 0 aliphatic carbocycles. The van der Waals surface area contributed by atoms with E-state index >= 15 is 0 Å². The van der Waals surface area contributed by atoms with E-state index in [2.05, 4.69) is 22.2 Å². The molecule has 0 aliphatic heterocycles. The number of aromatic nitrogens is 2. The van der Waals surface area contributed by atoms with Crippen LogP contribution >= 0.6 is 0 Å². The molecule has 0 fully saturated rings. The quantitative estimate of drug-likeness (QED) is 0.811. The molecule has 0 amide bonds. The monoisotopic (exact) mass is 273 g/mol. The lowest BCUT2D eigenvalue weighted by molar-refractivity contribution is 0.299. The van der Waals surface area contributed by atoms with Crippen LogP contribution in [0.5, 0.6) is 11.6 Å². The smallest absolute Gasteiger partial charge is 0.224 e. The van der Waals surface area contributed by atoms with Gasteiger partial charge < -0.3 is 15.2 Å². The SMILES string of the molecule is CCCNc1cc(Oc2ccc(CCO)cc2)ncn1. The minimum atomic E-state index is 0.151. The van der Waals surface area contributed by atoms with E-state index in [1.165, 1.54) is 6.33 Å². The lowest BCUT2D eigenvalue weighted by Crippen LogP contribution is -2.02. The first-order valence-electron chi connectivity index (χ1n) is 6.75. The molecule has 106 valence electrons. The van der Waals surface area contributed by atoms with Crippen molar-refractivity contribution in [3.05, 3.63) is 42.2 Å². The predicted molar refractivity (Wildman–Crippen MR) is 78.1 cm³/mol. The predicted octanol–water partition coefficient (Wildman–Crippen LogP) is 2.63. The van der Waals surface area contributed by atoms with Crippen LogP contribution in [0.15, 0.2) is 36.7 Å². The van der Waals surface area contributed by atoms with Crippen LogP contribution in [0.4, 0.5) is 5.82 Å². The summed E-state index contributed by atoms with van der Waals surface area (Å²) < 4.78 is 5.68. The number of aliphatic hydroxyl groups excluding tert-OH is 1. The number of nitrogens with one attached hydrogen (secondary N) is 1. The second-order valence-corrected chi connectivity index (χ2v) is 4.39. The Labute approximate surface area is 118 Å². The molecule has 1 aromatic heterocycles. The minimum absolute atomic E-state index is 0.151. The van der Waals surface area contributed by atoms with Gasteiger partial charge in [-0.1, -0.05) is 19.1 Å². The number of aliphatic hydroxyl groups is 1. The third-order valence-electron chi connectivity index (χ3n) is 2.74. The van der Waals surface area contributed by atoms with Crippen molar-refractivity contribution in [1.29, 1.82) is 0 Å². The summed E-state index contributed by atoms with van der Waals surface area (Å²) in [6.07, 6.45) is 3.17. The number of hydrogen-bond donors (Lipinski definition) is 2. The Kier molecular flexibility index (Phi) is 5.32. The van der Waals surface area contributed by atoms with Gasteiger partial charge in [0.15, 0.2) is 0 Å². The Morgan fingerprint density at radius 3 is 2.70 bits per heavy atom. The normalized spacial score (nSPS) is 10.3. The van der Waals surface area contributed by atoms with Crippen LogP contribution in [0.2, 0.25) is 0 Å². The van der Waals surface area contributed by atoms with Crippen LogP contribution in [0.1, 0.15) is 18.9 Å². The fourth-order valence-corrected chi connectivity index (χ4v) is 1.72. The van der Waals surface area contributed by atoms with Crippen LogP contribution in [0.3, 0.4) is 0 Å². The highest BCUT2D eigenvalue weighted by Gasteiger charge is 2.01. The largest absolute Gasteiger partial charge is 0.439 e. The molecular formula is C15H19N3O2. The average Bonchev–Trinajstić information content (AvgIpc) is 2.48. The number of rotatable bonds is 7. The van der Waals surface area contributed by atoms with Gasteiger partial charge in [-0.25, -0.2) is 9.97 Å². The van der Waals surface area contributed by atoms with E-state index in [4.69, 9.17) is 9.84 Å². The highest BCUT2D eigenvalue weighted by Crippen LogP contribution is 2.21. The van der Waals surface area contributed by atoms with Crippen molar-refractivity contribution in [3.63, 3.8) is 0 Å². The van der Waals surface area contributed by atoms with E-state index in [1.54, 1.807) is 6.07 Å². The molecule has 0 atom stereocenters. The average molecular weight is 273 g/mol. The van der Waals surface area contributed by atoms with Gasteiger partial charge >= 0.3 is 0 Å². The zero-order valence-electron chi connectivity index (χ0n) is 11.5. The van der Waals surface area contributed by atoms with Crippen molar-refractivity contribution >= 4 is 5.82 Å². The van der Waals surface area contributed by atoms with Crippen molar-refractivity contribution in [2.75, 3.05) is 18.5 Å². The number of benzene rings is 1. The van der Waals surface area contributed by atoms with E-state index in [0.717, 1.165) is 24.3 Å². The molecule has 0 bridgehead atoms. The third kappa shape index (κ3) is 4.20. The van der Waals surface area contributed by atoms with Crippen molar-refractivity contribution in [3.8, 4) is 11.6 Å². The second-order valence-electron chi connectivity index (χ2n) is 4.39. The topological polar surface area (TPSA) is 67.3 Å². The lowest BCUT2D eigenvalue weighted by atomic mass is 10.1. The van der Waals surface area contributed by atoms with Gasteiger partial charge in [-0.3, -0.25) is 0 Å². The first-order chi connectivity index (χ1) is 9.81. The van der Waals surface area contributed by atoms with Crippen LogP contribution in [-0.4, -0.2) is 28.2 Å². The molecule has 1 aromatic carbocycles. The maximum Gasteiger partial charge on any atom is 0.224 e. The minimum Gasteiger partial charge on any atom is -0.439 e. The van der Waals surface area contributed by atoms with Gasteiger partial charge in [0.2, 0.25) is 5.88 Å². The fraction of sp³-hybridized carbons (Fsp3) is 0.333. The molecule has 2 N–H and O–H groups in total. The number of hydrogen-bond acceptors (Lipinski definition) is 5. The molecule has 0 saturated carbocycles. The number of anilines is 1. The zero-order chi connectivity index (χ0) is 14.2. The summed E-state index contributed by atoms with van der Waals surface area (Å²) >= 11 is 0. The Balaban J connectivity index is 2.01.